The molecule has 3 rings (SSSR count). The molecule has 0 aliphatic rings. The van der Waals surface area contributed by atoms with Crippen molar-refractivity contribution in [3.05, 3.63) is 74.8 Å². The van der Waals surface area contributed by atoms with Gasteiger partial charge in [-0.2, -0.15) is 0 Å². The first-order valence-corrected chi connectivity index (χ1v) is 8.94. The summed E-state index contributed by atoms with van der Waals surface area (Å²) in [7, 11) is 1.92. The number of nitrogens with one attached hydrogen (secondary N) is 1. The Morgan fingerprint density at radius 3 is 2.68 bits per heavy atom. The molecule has 1 aromatic heterocycles. The molecule has 1 heterocycles. The second kappa shape index (κ2) is 7.88. The molecule has 5 nitrogen and oxygen atoms in total. The van der Waals surface area contributed by atoms with E-state index in [0.29, 0.717) is 28.6 Å². The predicted octanol–water partition coefficient (Wildman–Crippen LogP) is 4.51. The first-order valence-electron chi connectivity index (χ1n) is 7.48. The molecule has 25 heavy (non-hydrogen) atoms. The summed E-state index contributed by atoms with van der Waals surface area (Å²) in [6, 6.07) is 12.4. The Morgan fingerprint density at radius 1 is 1.28 bits per heavy atom. The Morgan fingerprint density at radius 2 is 2.04 bits per heavy atom. The second-order valence-electron chi connectivity index (χ2n) is 5.35. The predicted molar refractivity (Wildman–Crippen MR) is 106 cm³/mol. The molecule has 0 radical (unpaired) electrons. The number of imidazole rings is 1. The summed E-state index contributed by atoms with van der Waals surface area (Å²) in [5, 5.41) is 3.47. The molecule has 1 N–H and O–H groups in total. The van der Waals surface area contributed by atoms with Gasteiger partial charge in [-0.1, -0.05) is 11.6 Å². The fourth-order valence-corrected chi connectivity index (χ4v) is 3.31. The van der Waals surface area contributed by atoms with Gasteiger partial charge in [-0.05, 0) is 65.1 Å². The van der Waals surface area contributed by atoms with Gasteiger partial charge in [0.05, 0.1) is 5.56 Å². The molecule has 0 aliphatic carbocycles. The Kier molecular flexibility index (Phi) is 5.60. The number of aryl methyl sites for hydroxylation is 1. The monoisotopic (exact) mass is 467 g/mol. The van der Waals surface area contributed by atoms with Gasteiger partial charge in [-0.15, -0.1) is 0 Å². The molecule has 3 aromatic rings. The third-order valence-electron chi connectivity index (χ3n) is 3.58. The lowest BCUT2D eigenvalue weighted by Gasteiger charge is -2.09. The second-order valence-corrected chi connectivity index (χ2v) is 6.94. The summed E-state index contributed by atoms with van der Waals surface area (Å²) >= 11 is 8.01. The van der Waals surface area contributed by atoms with Crippen molar-refractivity contribution in [3.63, 3.8) is 0 Å². The van der Waals surface area contributed by atoms with Crippen molar-refractivity contribution in [2.45, 2.75) is 6.61 Å². The molecule has 0 atom stereocenters. The number of anilines is 1. The van der Waals surface area contributed by atoms with Crippen molar-refractivity contribution in [1.29, 1.82) is 0 Å². The number of amides is 1. The minimum Gasteiger partial charge on any atom is -0.486 e. The lowest BCUT2D eigenvalue weighted by atomic mass is 10.2. The van der Waals surface area contributed by atoms with Gasteiger partial charge in [0.15, 0.2) is 0 Å². The smallest absolute Gasteiger partial charge is 0.256 e. The van der Waals surface area contributed by atoms with Gasteiger partial charge in [0, 0.05) is 33.7 Å². The summed E-state index contributed by atoms with van der Waals surface area (Å²) in [6.45, 7) is 0.387. The van der Waals surface area contributed by atoms with Crippen LogP contribution in [0.25, 0.3) is 0 Å². The molecule has 2 aromatic carbocycles. The van der Waals surface area contributed by atoms with Crippen LogP contribution in [0.5, 0.6) is 5.75 Å². The number of halogens is 2. The van der Waals surface area contributed by atoms with Crippen molar-refractivity contribution in [3.8, 4) is 5.75 Å². The average molecular weight is 468 g/mol. The fraction of sp³-hybridized carbons (Fsp3) is 0.111. The minimum absolute atomic E-state index is 0.178. The van der Waals surface area contributed by atoms with Crippen molar-refractivity contribution in [1.82, 2.24) is 9.55 Å². The van der Waals surface area contributed by atoms with E-state index in [9.17, 15) is 4.79 Å². The van der Waals surface area contributed by atoms with Crippen LogP contribution >= 0.6 is 34.2 Å². The maximum atomic E-state index is 12.3. The summed E-state index contributed by atoms with van der Waals surface area (Å²) in [4.78, 5) is 16.6. The first kappa shape index (κ1) is 17.8. The minimum atomic E-state index is -0.178. The largest absolute Gasteiger partial charge is 0.486 e. The molecular formula is C18H15ClIN3O2. The van der Waals surface area contributed by atoms with E-state index in [0.717, 1.165) is 9.39 Å². The SMILES string of the molecule is Cn1ccnc1COc1ccc(NC(=O)c2ccc(Cl)cc2I)cc1. The van der Waals surface area contributed by atoms with Crippen LogP contribution in [0.15, 0.2) is 54.9 Å². The molecule has 0 spiro atoms. The van der Waals surface area contributed by atoms with Crippen molar-refractivity contribution in [2.24, 2.45) is 7.05 Å². The van der Waals surface area contributed by atoms with Gasteiger partial charge < -0.3 is 14.6 Å². The molecular weight excluding hydrogens is 453 g/mol. The number of hydrogen-bond acceptors (Lipinski definition) is 3. The first-order chi connectivity index (χ1) is 12.0. The number of hydrogen-bond donors (Lipinski definition) is 1. The normalized spacial score (nSPS) is 10.5. The number of carbonyl (C=O) groups excluding carboxylic acids is 1. The van der Waals surface area contributed by atoms with Gasteiger partial charge >= 0.3 is 0 Å². The van der Waals surface area contributed by atoms with Crippen molar-refractivity contribution in [2.75, 3.05) is 5.32 Å². The lowest BCUT2D eigenvalue weighted by Crippen LogP contribution is -2.13. The Bertz CT molecular complexity index is 894. The standard InChI is InChI=1S/C18H15ClIN3O2/c1-23-9-8-21-17(23)11-25-14-5-3-13(4-6-14)22-18(24)15-7-2-12(19)10-16(15)20/h2-10H,11H2,1H3,(H,22,24). The molecule has 128 valence electrons. The van der Waals surface area contributed by atoms with Gasteiger partial charge in [-0.25, -0.2) is 4.98 Å². The van der Waals surface area contributed by atoms with E-state index in [2.05, 4.69) is 32.9 Å². The number of rotatable bonds is 5. The molecule has 7 heteroatoms. The molecule has 0 aliphatic heterocycles. The Hall–Kier alpha value is -2.06. The van der Waals surface area contributed by atoms with Crippen LogP contribution in [-0.2, 0) is 13.7 Å². The van der Waals surface area contributed by atoms with E-state index in [4.69, 9.17) is 16.3 Å². The maximum absolute atomic E-state index is 12.3. The molecule has 0 fully saturated rings. The van der Waals surface area contributed by atoms with Crippen molar-refractivity contribution < 1.29 is 9.53 Å². The Balaban J connectivity index is 1.62. The highest BCUT2D eigenvalue weighted by Crippen LogP contribution is 2.21. The van der Waals surface area contributed by atoms with E-state index < -0.39 is 0 Å². The van der Waals surface area contributed by atoms with E-state index in [1.807, 2.05) is 29.9 Å². The highest BCUT2D eigenvalue weighted by Gasteiger charge is 2.10. The number of nitrogens with zero attached hydrogens (tertiary/aromatic N) is 2. The summed E-state index contributed by atoms with van der Waals surface area (Å²) in [5.74, 6) is 1.37. The van der Waals surface area contributed by atoms with Gasteiger partial charge in [-0.3, -0.25) is 4.79 Å². The van der Waals surface area contributed by atoms with Crippen molar-refractivity contribution >= 4 is 45.8 Å². The number of ether oxygens (including phenoxy) is 1. The Labute approximate surface area is 164 Å². The molecule has 0 saturated carbocycles. The summed E-state index contributed by atoms with van der Waals surface area (Å²) in [6.07, 6.45) is 3.60. The number of aromatic nitrogens is 2. The number of benzene rings is 2. The third kappa shape index (κ3) is 4.52. The highest BCUT2D eigenvalue weighted by molar-refractivity contribution is 14.1. The van der Waals surface area contributed by atoms with Crippen LogP contribution in [0, 0.1) is 3.57 Å². The van der Waals surface area contributed by atoms with E-state index >= 15 is 0 Å². The third-order valence-corrected chi connectivity index (χ3v) is 4.70. The van der Waals surface area contributed by atoms with Crippen LogP contribution in [0.3, 0.4) is 0 Å². The van der Waals surface area contributed by atoms with Gasteiger partial charge in [0.1, 0.15) is 18.2 Å². The van der Waals surface area contributed by atoms with Crippen LogP contribution in [0.1, 0.15) is 16.2 Å². The van der Waals surface area contributed by atoms with Gasteiger partial charge in [0.25, 0.3) is 5.91 Å². The zero-order valence-corrected chi connectivity index (χ0v) is 16.3. The van der Waals surface area contributed by atoms with E-state index in [-0.39, 0.29) is 5.91 Å². The van der Waals surface area contributed by atoms with Crippen LogP contribution in [0.4, 0.5) is 5.69 Å². The zero-order chi connectivity index (χ0) is 17.8. The van der Waals surface area contributed by atoms with Gasteiger partial charge in [0.2, 0.25) is 0 Å². The lowest BCUT2D eigenvalue weighted by molar-refractivity contribution is 0.102. The molecule has 0 saturated heterocycles. The molecule has 0 unspecified atom stereocenters. The zero-order valence-electron chi connectivity index (χ0n) is 13.4. The summed E-state index contributed by atoms with van der Waals surface area (Å²) in [5.41, 5.74) is 1.28. The maximum Gasteiger partial charge on any atom is 0.256 e. The van der Waals surface area contributed by atoms with E-state index in [1.165, 1.54) is 0 Å². The quantitative estimate of drug-likeness (QED) is 0.562. The van der Waals surface area contributed by atoms with Crippen LogP contribution in [0.2, 0.25) is 5.02 Å². The molecule has 1 amide bonds. The highest BCUT2D eigenvalue weighted by atomic mass is 127. The average Bonchev–Trinajstić information content (AvgIpc) is 2.99. The number of carbonyl (C=O) groups is 1. The topological polar surface area (TPSA) is 56.1 Å². The van der Waals surface area contributed by atoms with Crippen LogP contribution in [-0.4, -0.2) is 15.5 Å². The fourth-order valence-electron chi connectivity index (χ4n) is 2.19. The van der Waals surface area contributed by atoms with E-state index in [1.54, 1.807) is 36.5 Å². The summed E-state index contributed by atoms with van der Waals surface area (Å²) < 4.78 is 8.40. The van der Waals surface area contributed by atoms with Crippen LogP contribution < -0.4 is 10.1 Å². The molecule has 0 bridgehead atoms.